The number of hydrogen-bond donors (Lipinski definition) is 2. The van der Waals surface area contributed by atoms with Crippen LogP contribution in [-0.2, 0) is 6.42 Å². The molecule has 3 N–H and O–H groups in total. The summed E-state index contributed by atoms with van der Waals surface area (Å²) in [6, 6.07) is 12.6. The zero-order valence-corrected chi connectivity index (χ0v) is 11.9. The highest BCUT2D eigenvalue weighted by Crippen LogP contribution is 2.40. The van der Waals surface area contributed by atoms with Crippen LogP contribution in [0.4, 0.5) is 0 Å². The van der Waals surface area contributed by atoms with Crippen LogP contribution in [0.25, 0.3) is 0 Å². The average Bonchev–Trinajstić information content (AvgIpc) is 2.88. The summed E-state index contributed by atoms with van der Waals surface area (Å²) in [6.07, 6.45) is 4.81. The SMILES string of the molecule is CCc1ccc(C(NN)c2ccccc2C2CCC2)o1. The first kappa shape index (κ1) is 13.4. The molecule has 1 saturated carbocycles. The van der Waals surface area contributed by atoms with Gasteiger partial charge >= 0.3 is 0 Å². The Morgan fingerprint density at radius 2 is 2.05 bits per heavy atom. The Kier molecular flexibility index (Phi) is 3.90. The summed E-state index contributed by atoms with van der Waals surface area (Å²) < 4.78 is 5.88. The zero-order valence-electron chi connectivity index (χ0n) is 11.9. The van der Waals surface area contributed by atoms with E-state index in [1.807, 2.05) is 12.1 Å². The van der Waals surface area contributed by atoms with Crippen molar-refractivity contribution >= 4 is 0 Å². The van der Waals surface area contributed by atoms with Gasteiger partial charge in [0.25, 0.3) is 0 Å². The van der Waals surface area contributed by atoms with E-state index in [1.165, 1.54) is 30.4 Å². The number of nitrogens with one attached hydrogen (secondary N) is 1. The van der Waals surface area contributed by atoms with Gasteiger partial charge in [-0.3, -0.25) is 5.84 Å². The molecule has 1 heterocycles. The van der Waals surface area contributed by atoms with Gasteiger partial charge in [0, 0.05) is 6.42 Å². The molecule has 106 valence electrons. The van der Waals surface area contributed by atoms with Gasteiger partial charge in [-0.1, -0.05) is 37.6 Å². The van der Waals surface area contributed by atoms with Crippen molar-refractivity contribution in [3.05, 3.63) is 59.0 Å². The van der Waals surface area contributed by atoms with Crippen LogP contribution in [0, 0.1) is 0 Å². The number of aryl methyl sites for hydroxylation is 1. The van der Waals surface area contributed by atoms with Gasteiger partial charge in [-0.15, -0.1) is 0 Å². The van der Waals surface area contributed by atoms with Crippen LogP contribution in [0.5, 0.6) is 0 Å². The molecule has 1 unspecified atom stereocenters. The van der Waals surface area contributed by atoms with Crippen LogP contribution in [0.2, 0.25) is 0 Å². The lowest BCUT2D eigenvalue weighted by molar-refractivity contribution is 0.401. The van der Waals surface area contributed by atoms with E-state index in [9.17, 15) is 0 Å². The molecule has 0 bridgehead atoms. The standard InChI is InChI=1S/C17H22N2O/c1-2-13-10-11-16(20-13)17(19-18)15-9-4-3-8-14(15)12-6-5-7-12/h3-4,8-12,17,19H,2,5-7,18H2,1H3. The monoisotopic (exact) mass is 270 g/mol. The van der Waals surface area contributed by atoms with E-state index in [0.717, 1.165) is 17.9 Å². The van der Waals surface area contributed by atoms with E-state index < -0.39 is 0 Å². The molecule has 3 nitrogen and oxygen atoms in total. The van der Waals surface area contributed by atoms with Crippen LogP contribution < -0.4 is 11.3 Å². The molecule has 0 amide bonds. The fourth-order valence-electron chi connectivity index (χ4n) is 2.93. The van der Waals surface area contributed by atoms with Gasteiger partial charge < -0.3 is 4.42 Å². The third-order valence-electron chi connectivity index (χ3n) is 4.33. The molecule has 0 radical (unpaired) electrons. The van der Waals surface area contributed by atoms with Crippen molar-refractivity contribution < 1.29 is 4.42 Å². The third kappa shape index (κ3) is 2.39. The lowest BCUT2D eigenvalue weighted by atomic mass is 9.77. The molecule has 1 aliphatic rings. The van der Waals surface area contributed by atoms with Gasteiger partial charge in [0.05, 0.1) is 0 Å². The number of hydrazine groups is 1. The fraction of sp³-hybridized carbons (Fsp3) is 0.412. The van der Waals surface area contributed by atoms with Crippen molar-refractivity contribution in [3.63, 3.8) is 0 Å². The molecule has 1 aliphatic carbocycles. The third-order valence-corrected chi connectivity index (χ3v) is 4.33. The second-order valence-corrected chi connectivity index (χ2v) is 5.51. The maximum absolute atomic E-state index is 5.88. The van der Waals surface area contributed by atoms with Crippen LogP contribution >= 0.6 is 0 Å². The number of nitrogens with two attached hydrogens (primary N) is 1. The smallest absolute Gasteiger partial charge is 0.126 e. The summed E-state index contributed by atoms with van der Waals surface area (Å²) in [5, 5.41) is 0. The van der Waals surface area contributed by atoms with E-state index >= 15 is 0 Å². The largest absolute Gasteiger partial charge is 0.464 e. The Balaban J connectivity index is 1.96. The van der Waals surface area contributed by atoms with Crippen molar-refractivity contribution in [1.82, 2.24) is 5.43 Å². The van der Waals surface area contributed by atoms with Crippen molar-refractivity contribution in [2.24, 2.45) is 5.84 Å². The second-order valence-electron chi connectivity index (χ2n) is 5.51. The number of rotatable bonds is 5. The zero-order chi connectivity index (χ0) is 13.9. The van der Waals surface area contributed by atoms with Crippen molar-refractivity contribution in [1.29, 1.82) is 0 Å². The summed E-state index contributed by atoms with van der Waals surface area (Å²) in [5.74, 6) is 8.39. The fourth-order valence-corrected chi connectivity index (χ4v) is 2.93. The Morgan fingerprint density at radius 3 is 2.65 bits per heavy atom. The lowest BCUT2D eigenvalue weighted by Crippen LogP contribution is -2.30. The minimum atomic E-state index is -0.0629. The lowest BCUT2D eigenvalue weighted by Gasteiger charge is -2.29. The molecular formula is C17H22N2O. The van der Waals surface area contributed by atoms with E-state index in [4.69, 9.17) is 10.3 Å². The van der Waals surface area contributed by atoms with Gasteiger partial charge in [0.1, 0.15) is 17.6 Å². The van der Waals surface area contributed by atoms with Crippen molar-refractivity contribution in [2.45, 2.75) is 44.6 Å². The van der Waals surface area contributed by atoms with E-state index in [-0.39, 0.29) is 6.04 Å². The molecule has 0 aliphatic heterocycles. The molecule has 20 heavy (non-hydrogen) atoms. The average molecular weight is 270 g/mol. The number of benzene rings is 1. The Hall–Kier alpha value is -1.58. The Labute approximate surface area is 120 Å². The molecule has 2 aromatic rings. The van der Waals surface area contributed by atoms with Gasteiger partial charge in [0.2, 0.25) is 0 Å². The molecule has 1 aromatic heterocycles. The molecule has 0 saturated heterocycles. The normalized spacial score (nSPS) is 16.9. The van der Waals surface area contributed by atoms with Crippen LogP contribution in [0.15, 0.2) is 40.8 Å². The highest BCUT2D eigenvalue weighted by atomic mass is 16.3. The molecule has 1 fully saturated rings. The van der Waals surface area contributed by atoms with Crippen LogP contribution in [0.3, 0.4) is 0 Å². The number of hydrogen-bond acceptors (Lipinski definition) is 3. The van der Waals surface area contributed by atoms with E-state index in [0.29, 0.717) is 5.92 Å². The minimum absolute atomic E-state index is 0.0629. The molecule has 3 heteroatoms. The highest BCUT2D eigenvalue weighted by molar-refractivity contribution is 5.38. The summed E-state index contributed by atoms with van der Waals surface area (Å²) in [4.78, 5) is 0. The predicted octanol–water partition coefficient (Wildman–Crippen LogP) is 3.66. The molecule has 3 rings (SSSR count). The second kappa shape index (κ2) is 5.81. The predicted molar refractivity (Wildman–Crippen MR) is 80.3 cm³/mol. The highest BCUT2D eigenvalue weighted by Gasteiger charge is 2.26. The van der Waals surface area contributed by atoms with Gasteiger partial charge in [-0.25, -0.2) is 5.43 Å². The molecule has 1 atom stereocenters. The molecular weight excluding hydrogens is 248 g/mol. The summed E-state index contributed by atoms with van der Waals surface area (Å²) in [6.45, 7) is 2.09. The van der Waals surface area contributed by atoms with Crippen LogP contribution in [0.1, 0.15) is 60.8 Å². The maximum atomic E-state index is 5.88. The summed E-state index contributed by atoms with van der Waals surface area (Å²) in [7, 11) is 0. The maximum Gasteiger partial charge on any atom is 0.126 e. The van der Waals surface area contributed by atoms with E-state index in [1.54, 1.807) is 0 Å². The van der Waals surface area contributed by atoms with E-state index in [2.05, 4.69) is 36.6 Å². The van der Waals surface area contributed by atoms with Crippen molar-refractivity contribution in [2.75, 3.05) is 0 Å². The first-order valence-electron chi connectivity index (χ1n) is 7.47. The van der Waals surface area contributed by atoms with Gasteiger partial charge in [0.15, 0.2) is 0 Å². The van der Waals surface area contributed by atoms with Gasteiger partial charge in [-0.2, -0.15) is 0 Å². The quantitative estimate of drug-likeness (QED) is 0.644. The Bertz CT molecular complexity index is 572. The van der Waals surface area contributed by atoms with Gasteiger partial charge in [-0.05, 0) is 42.0 Å². The first-order chi connectivity index (χ1) is 9.83. The van der Waals surface area contributed by atoms with Crippen molar-refractivity contribution in [3.8, 4) is 0 Å². The summed E-state index contributed by atoms with van der Waals surface area (Å²) >= 11 is 0. The van der Waals surface area contributed by atoms with Crippen LogP contribution in [-0.4, -0.2) is 0 Å². The minimum Gasteiger partial charge on any atom is -0.464 e. The molecule has 0 spiro atoms. The number of furan rings is 1. The first-order valence-corrected chi connectivity index (χ1v) is 7.47. The summed E-state index contributed by atoms with van der Waals surface area (Å²) in [5.41, 5.74) is 5.58. The Morgan fingerprint density at radius 1 is 1.25 bits per heavy atom. The molecule has 1 aromatic carbocycles. The topological polar surface area (TPSA) is 51.2 Å².